The first kappa shape index (κ1) is 11.0. The maximum absolute atomic E-state index is 5.60. The molecule has 5 heteroatoms. The maximum atomic E-state index is 5.60. The highest BCUT2D eigenvalue weighted by Crippen LogP contribution is 2.29. The van der Waals surface area contributed by atoms with E-state index in [0.29, 0.717) is 6.54 Å². The van der Waals surface area contributed by atoms with Gasteiger partial charge in [0.1, 0.15) is 11.1 Å². The highest BCUT2D eigenvalue weighted by atomic mass is 79.9. The molecule has 1 atom stereocenters. The van der Waals surface area contributed by atoms with Gasteiger partial charge in [-0.05, 0) is 18.2 Å². The lowest BCUT2D eigenvalue weighted by Gasteiger charge is -2.07. The molecule has 1 aromatic carbocycles. The molecule has 1 aromatic heterocycles. The summed E-state index contributed by atoms with van der Waals surface area (Å²) in [5.74, 6) is 0. The van der Waals surface area contributed by atoms with Crippen LogP contribution in [0.2, 0.25) is 0 Å². The first-order chi connectivity index (χ1) is 7.24. The molecule has 2 N–H and O–H groups in total. The predicted octanol–water partition coefficient (Wildman–Crippen LogP) is 2.71. The summed E-state index contributed by atoms with van der Waals surface area (Å²) < 4.78 is 7.47. The Morgan fingerprint density at radius 1 is 1.60 bits per heavy atom. The van der Waals surface area contributed by atoms with E-state index in [1.807, 2.05) is 12.1 Å². The molecule has 15 heavy (non-hydrogen) atoms. The van der Waals surface area contributed by atoms with Crippen LogP contribution < -0.4 is 5.73 Å². The van der Waals surface area contributed by atoms with Crippen LogP contribution in [0.3, 0.4) is 0 Å². The Kier molecular flexibility index (Phi) is 3.35. The number of halogens is 1. The van der Waals surface area contributed by atoms with E-state index in [1.54, 1.807) is 18.4 Å². The summed E-state index contributed by atoms with van der Waals surface area (Å²) in [7, 11) is 1.65. The Morgan fingerprint density at radius 2 is 2.40 bits per heavy atom. The Balaban J connectivity index is 2.46. The summed E-state index contributed by atoms with van der Waals surface area (Å²) in [6, 6.07) is 6.03. The minimum absolute atomic E-state index is 0.0961. The molecule has 0 aliphatic heterocycles. The molecule has 0 radical (unpaired) electrons. The molecule has 0 bridgehead atoms. The number of hydrogen-bond acceptors (Lipinski definition) is 4. The number of ether oxygens (including phenoxy) is 1. The zero-order valence-electron chi connectivity index (χ0n) is 8.24. The van der Waals surface area contributed by atoms with Gasteiger partial charge >= 0.3 is 0 Å². The van der Waals surface area contributed by atoms with Crippen molar-refractivity contribution < 1.29 is 4.74 Å². The molecule has 0 saturated heterocycles. The van der Waals surface area contributed by atoms with E-state index in [1.165, 1.54) is 0 Å². The molecule has 1 heterocycles. The summed E-state index contributed by atoms with van der Waals surface area (Å²) in [5.41, 5.74) is 6.59. The summed E-state index contributed by atoms with van der Waals surface area (Å²) in [4.78, 5) is 4.49. The molecule has 2 aromatic rings. The van der Waals surface area contributed by atoms with Gasteiger partial charge in [0.15, 0.2) is 0 Å². The Labute approximate surface area is 100 Å². The molecular formula is C10H11BrN2OS. The summed E-state index contributed by atoms with van der Waals surface area (Å²) in [5, 5.41) is 0.938. The normalized spacial score (nSPS) is 13.3. The van der Waals surface area contributed by atoms with Crippen LogP contribution in [-0.2, 0) is 4.74 Å². The van der Waals surface area contributed by atoms with E-state index in [0.717, 1.165) is 19.7 Å². The van der Waals surface area contributed by atoms with Crippen LogP contribution in [0, 0.1) is 0 Å². The molecular weight excluding hydrogens is 276 g/mol. The number of rotatable bonds is 3. The maximum Gasteiger partial charge on any atom is 0.124 e. The second-order valence-electron chi connectivity index (χ2n) is 3.12. The molecule has 0 saturated carbocycles. The fraction of sp³-hybridized carbons (Fsp3) is 0.300. The van der Waals surface area contributed by atoms with Crippen molar-refractivity contribution in [3.05, 3.63) is 27.7 Å². The fourth-order valence-corrected chi connectivity index (χ4v) is 2.96. The lowest BCUT2D eigenvalue weighted by atomic mass is 10.3. The van der Waals surface area contributed by atoms with Crippen molar-refractivity contribution >= 4 is 37.5 Å². The number of aromatic nitrogens is 1. The number of benzene rings is 1. The van der Waals surface area contributed by atoms with E-state index >= 15 is 0 Å². The van der Waals surface area contributed by atoms with E-state index in [9.17, 15) is 0 Å². The van der Waals surface area contributed by atoms with Crippen LogP contribution in [0.15, 0.2) is 22.7 Å². The van der Waals surface area contributed by atoms with Crippen LogP contribution in [0.25, 0.3) is 10.2 Å². The summed E-state index contributed by atoms with van der Waals surface area (Å²) in [6.07, 6.45) is -0.0961. The van der Waals surface area contributed by atoms with E-state index < -0.39 is 0 Å². The standard InChI is InChI=1S/C10H11BrN2OS/c1-14-8(5-12)10-13-7-3-2-6(11)4-9(7)15-10/h2-4,8H,5,12H2,1H3. The average molecular weight is 287 g/mol. The van der Waals surface area contributed by atoms with Gasteiger partial charge in [0.05, 0.1) is 10.2 Å². The van der Waals surface area contributed by atoms with Crippen molar-refractivity contribution in [2.24, 2.45) is 5.73 Å². The largest absolute Gasteiger partial charge is 0.373 e. The lowest BCUT2D eigenvalue weighted by Crippen LogP contribution is -2.13. The van der Waals surface area contributed by atoms with Crippen LogP contribution in [0.1, 0.15) is 11.1 Å². The number of nitrogens with zero attached hydrogens (tertiary/aromatic N) is 1. The number of nitrogens with two attached hydrogens (primary N) is 1. The Hall–Kier alpha value is -0.490. The van der Waals surface area contributed by atoms with Gasteiger partial charge in [0, 0.05) is 18.1 Å². The highest BCUT2D eigenvalue weighted by Gasteiger charge is 2.13. The third-order valence-corrected chi connectivity index (χ3v) is 3.74. The Morgan fingerprint density at radius 3 is 3.07 bits per heavy atom. The van der Waals surface area contributed by atoms with Crippen molar-refractivity contribution in [2.75, 3.05) is 13.7 Å². The van der Waals surface area contributed by atoms with Gasteiger partial charge in [-0.25, -0.2) is 4.98 Å². The topological polar surface area (TPSA) is 48.1 Å². The molecule has 0 aliphatic carbocycles. The zero-order valence-corrected chi connectivity index (χ0v) is 10.6. The van der Waals surface area contributed by atoms with Gasteiger partial charge in [-0.2, -0.15) is 0 Å². The molecule has 80 valence electrons. The second kappa shape index (κ2) is 4.57. The summed E-state index contributed by atoms with van der Waals surface area (Å²) >= 11 is 5.06. The molecule has 3 nitrogen and oxygen atoms in total. The van der Waals surface area contributed by atoms with Crippen molar-refractivity contribution in [1.29, 1.82) is 0 Å². The number of thiazole rings is 1. The molecule has 1 unspecified atom stereocenters. The van der Waals surface area contributed by atoms with E-state index in [4.69, 9.17) is 10.5 Å². The fourth-order valence-electron chi connectivity index (χ4n) is 1.35. The third-order valence-electron chi connectivity index (χ3n) is 2.14. The second-order valence-corrected chi connectivity index (χ2v) is 5.10. The number of hydrogen-bond donors (Lipinski definition) is 1. The van der Waals surface area contributed by atoms with Gasteiger partial charge in [-0.15, -0.1) is 11.3 Å². The monoisotopic (exact) mass is 286 g/mol. The van der Waals surface area contributed by atoms with Crippen LogP contribution in [-0.4, -0.2) is 18.6 Å². The lowest BCUT2D eigenvalue weighted by molar-refractivity contribution is 0.110. The molecule has 0 amide bonds. The third kappa shape index (κ3) is 2.20. The minimum Gasteiger partial charge on any atom is -0.373 e. The first-order valence-corrected chi connectivity index (χ1v) is 6.14. The van der Waals surface area contributed by atoms with Gasteiger partial charge in [0.25, 0.3) is 0 Å². The molecule has 2 rings (SSSR count). The van der Waals surface area contributed by atoms with Crippen molar-refractivity contribution in [1.82, 2.24) is 4.98 Å². The van der Waals surface area contributed by atoms with Gasteiger partial charge in [0.2, 0.25) is 0 Å². The van der Waals surface area contributed by atoms with Crippen LogP contribution in [0.5, 0.6) is 0 Å². The van der Waals surface area contributed by atoms with Crippen molar-refractivity contribution in [2.45, 2.75) is 6.10 Å². The highest BCUT2D eigenvalue weighted by molar-refractivity contribution is 9.10. The van der Waals surface area contributed by atoms with Gasteiger partial charge in [-0.1, -0.05) is 15.9 Å². The van der Waals surface area contributed by atoms with Crippen LogP contribution in [0.4, 0.5) is 0 Å². The molecule has 0 fully saturated rings. The Bertz CT molecular complexity index is 467. The summed E-state index contributed by atoms with van der Waals surface area (Å²) in [6.45, 7) is 0.456. The van der Waals surface area contributed by atoms with Crippen molar-refractivity contribution in [3.63, 3.8) is 0 Å². The van der Waals surface area contributed by atoms with Gasteiger partial charge < -0.3 is 10.5 Å². The first-order valence-electron chi connectivity index (χ1n) is 4.53. The average Bonchev–Trinajstić information content (AvgIpc) is 2.62. The van der Waals surface area contributed by atoms with Gasteiger partial charge in [-0.3, -0.25) is 0 Å². The smallest absolute Gasteiger partial charge is 0.124 e. The predicted molar refractivity (Wildman–Crippen MR) is 66.1 cm³/mol. The quantitative estimate of drug-likeness (QED) is 0.944. The molecule has 0 aliphatic rings. The SMILES string of the molecule is COC(CN)c1nc2ccc(Br)cc2s1. The van der Waals surface area contributed by atoms with E-state index in [-0.39, 0.29) is 6.10 Å². The molecule has 0 spiro atoms. The van der Waals surface area contributed by atoms with Crippen LogP contribution >= 0.6 is 27.3 Å². The zero-order chi connectivity index (χ0) is 10.8. The van der Waals surface area contributed by atoms with Crippen molar-refractivity contribution in [3.8, 4) is 0 Å². The number of fused-ring (bicyclic) bond motifs is 1. The minimum atomic E-state index is -0.0961. The number of methoxy groups -OCH3 is 1. The van der Waals surface area contributed by atoms with E-state index in [2.05, 4.69) is 27.0 Å².